The van der Waals surface area contributed by atoms with E-state index in [1.807, 2.05) is 69.3 Å². The summed E-state index contributed by atoms with van der Waals surface area (Å²) in [5, 5.41) is 9.77. The van der Waals surface area contributed by atoms with Crippen LogP contribution in [-0.2, 0) is 0 Å². The van der Waals surface area contributed by atoms with Crippen molar-refractivity contribution in [3.8, 4) is 22.8 Å². The van der Waals surface area contributed by atoms with Crippen molar-refractivity contribution >= 4 is 11.7 Å². The lowest BCUT2D eigenvalue weighted by Gasteiger charge is -2.12. The second kappa shape index (κ2) is 7.82. The summed E-state index contributed by atoms with van der Waals surface area (Å²) in [6, 6.07) is 15.1. The smallest absolute Gasteiger partial charge is 0.319 e. The van der Waals surface area contributed by atoms with Gasteiger partial charge in [0.15, 0.2) is 0 Å². The maximum atomic E-state index is 12.0. The molecule has 1 aromatic heterocycles. The summed E-state index contributed by atoms with van der Waals surface area (Å²) >= 11 is 0. The topological polar surface area (TPSA) is 80.0 Å². The van der Waals surface area contributed by atoms with Crippen LogP contribution in [0.2, 0.25) is 0 Å². The first-order chi connectivity index (χ1) is 12.6. The number of hydrogen-bond donors (Lipinski definition) is 2. The summed E-state index contributed by atoms with van der Waals surface area (Å²) in [5.74, 6) is 0.959. The van der Waals surface area contributed by atoms with E-state index in [1.165, 1.54) is 0 Å². The van der Waals surface area contributed by atoms with E-state index in [4.69, 9.17) is 4.52 Å². The van der Waals surface area contributed by atoms with E-state index in [0.717, 1.165) is 23.1 Å². The van der Waals surface area contributed by atoms with Crippen LogP contribution in [0, 0.1) is 6.92 Å². The second-order valence-corrected chi connectivity index (χ2v) is 6.23. The van der Waals surface area contributed by atoms with Crippen LogP contribution in [0.25, 0.3) is 22.8 Å². The van der Waals surface area contributed by atoms with Crippen LogP contribution in [-0.4, -0.2) is 22.2 Å². The normalized spacial score (nSPS) is 11.8. The lowest BCUT2D eigenvalue weighted by molar-refractivity contribution is 0.249. The Labute approximate surface area is 152 Å². The van der Waals surface area contributed by atoms with Crippen LogP contribution >= 0.6 is 0 Å². The molecular weight excluding hydrogens is 328 g/mol. The number of urea groups is 1. The third kappa shape index (κ3) is 4.08. The third-order valence-corrected chi connectivity index (χ3v) is 4.17. The van der Waals surface area contributed by atoms with Gasteiger partial charge in [0.25, 0.3) is 5.89 Å². The van der Waals surface area contributed by atoms with Crippen LogP contribution in [0.15, 0.2) is 53.1 Å². The highest BCUT2D eigenvalue weighted by molar-refractivity contribution is 5.90. The van der Waals surface area contributed by atoms with Crippen LogP contribution in [0.4, 0.5) is 10.5 Å². The van der Waals surface area contributed by atoms with Gasteiger partial charge in [-0.3, -0.25) is 0 Å². The number of hydrogen-bond acceptors (Lipinski definition) is 4. The van der Waals surface area contributed by atoms with Crippen LogP contribution < -0.4 is 10.6 Å². The van der Waals surface area contributed by atoms with Crippen LogP contribution in [0.5, 0.6) is 0 Å². The van der Waals surface area contributed by atoms with Crippen molar-refractivity contribution in [3.63, 3.8) is 0 Å². The molecule has 1 heterocycles. The Morgan fingerprint density at radius 3 is 2.77 bits per heavy atom. The van der Waals surface area contributed by atoms with Crippen molar-refractivity contribution in [2.24, 2.45) is 0 Å². The first-order valence-electron chi connectivity index (χ1n) is 8.64. The average Bonchev–Trinajstić information content (AvgIpc) is 3.12. The van der Waals surface area contributed by atoms with Crippen molar-refractivity contribution in [1.29, 1.82) is 0 Å². The minimum absolute atomic E-state index is 0.118. The molecule has 0 fully saturated rings. The summed E-state index contributed by atoms with van der Waals surface area (Å²) in [5.41, 5.74) is 3.42. The third-order valence-electron chi connectivity index (χ3n) is 4.17. The molecule has 0 spiro atoms. The van der Waals surface area contributed by atoms with E-state index >= 15 is 0 Å². The zero-order chi connectivity index (χ0) is 18.5. The molecule has 0 saturated carbocycles. The molecule has 2 aromatic carbocycles. The van der Waals surface area contributed by atoms with Gasteiger partial charge < -0.3 is 15.2 Å². The number of amides is 2. The molecule has 6 nitrogen and oxygen atoms in total. The molecule has 6 heteroatoms. The predicted octanol–water partition coefficient (Wildman–Crippen LogP) is 4.63. The van der Waals surface area contributed by atoms with E-state index in [9.17, 15) is 4.79 Å². The Morgan fingerprint density at radius 2 is 2.00 bits per heavy atom. The Hall–Kier alpha value is -3.15. The zero-order valence-corrected chi connectivity index (χ0v) is 15.1. The lowest BCUT2D eigenvalue weighted by atomic mass is 10.1. The predicted molar refractivity (Wildman–Crippen MR) is 102 cm³/mol. The molecule has 0 saturated heterocycles. The highest BCUT2D eigenvalue weighted by atomic mass is 16.5. The molecule has 26 heavy (non-hydrogen) atoms. The summed E-state index contributed by atoms with van der Waals surface area (Å²) in [7, 11) is 0. The van der Waals surface area contributed by atoms with Crippen LogP contribution in [0.3, 0.4) is 0 Å². The SMILES string of the molecule is CC[C@@H](C)NC(=O)Nc1cccc(-c2noc(-c3ccccc3C)n2)c1. The van der Waals surface area contributed by atoms with Crippen molar-refractivity contribution in [1.82, 2.24) is 15.5 Å². The monoisotopic (exact) mass is 350 g/mol. The van der Waals surface area contributed by atoms with Crippen molar-refractivity contribution in [2.75, 3.05) is 5.32 Å². The fraction of sp³-hybridized carbons (Fsp3) is 0.250. The highest BCUT2D eigenvalue weighted by Gasteiger charge is 2.13. The molecule has 0 radical (unpaired) electrons. The van der Waals surface area contributed by atoms with Gasteiger partial charge in [-0.2, -0.15) is 4.98 Å². The van der Waals surface area contributed by atoms with E-state index in [2.05, 4.69) is 20.8 Å². The molecule has 134 valence electrons. The molecule has 0 aliphatic rings. The van der Waals surface area contributed by atoms with Crippen molar-refractivity contribution < 1.29 is 9.32 Å². The van der Waals surface area contributed by atoms with Gasteiger partial charge in [-0.25, -0.2) is 4.79 Å². The van der Waals surface area contributed by atoms with E-state index in [-0.39, 0.29) is 12.1 Å². The maximum Gasteiger partial charge on any atom is 0.319 e. The van der Waals surface area contributed by atoms with Crippen molar-refractivity contribution in [3.05, 3.63) is 54.1 Å². The molecule has 0 aliphatic carbocycles. The number of nitrogens with zero attached hydrogens (tertiary/aromatic N) is 2. The Morgan fingerprint density at radius 1 is 1.19 bits per heavy atom. The number of carbonyl (C=O) groups is 1. The molecule has 1 atom stereocenters. The van der Waals surface area contributed by atoms with Crippen LogP contribution in [0.1, 0.15) is 25.8 Å². The van der Waals surface area contributed by atoms with E-state index in [1.54, 1.807) is 0 Å². The van der Waals surface area contributed by atoms with Gasteiger partial charge in [-0.05, 0) is 44.0 Å². The fourth-order valence-corrected chi connectivity index (χ4v) is 2.49. The first kappa shape index (κ1) is 17.7. The number of aryl methyl sites for hydroxylation is 1. The average molecular weight is 350 g/mol. The Kier molecular flexibility index (Phi) is 5.31. The van der Waals surface area contributed by atoms with Gasteiger partial charge in [0, 0.05) is 22.9 Å². The number of nitrogens with one attached hydrogen (secondary N) is 2. The fourth-order valence-electron chi connectivity index (χ4n) is 2.49. The van der Waals surface area contributed by atoms with Gasteiger partial charge in [-0.1, -0.05) is 42.4 Å². The van der Waals surface area contributed by atoms with Gasteiger partial charge in [-0.15, -0.1) is 0 Å². The van der Waals surface area contributed by atoms with E-state index < -0.39 is 0 Å². The Balaban J connectivity index is 1.79. The van der Waals surface area contributed by atoms with Gasteiger partial charge in [0.1, 0.15) is 0 Å². The Bertz CT molecular complexity index is 904. The van der Waals surface area contributed by atoms with Crippen molar-refractivity contribution in [2.45, 2.75) is 33.2 Å². The molecule has 2 N–H and O–H groups in total. The molecule has 0 unspecified atom stereocenters. The summed E-state index contributed by atoms with van der Waals surface area (Å²) in [4.78, 5) is 16.5. The summed E-state index contributed by atoms with van der Waals surface area (Å²) < 4.78 is 5.41. The summed E-state index contributed by atoms with van der Waals surface area (Å²) in [6.45, 7) is 5.98. The molecule has 3 rings (SSSR count). The largest absolute Gasteiger partial charge is 0.335 e. The second-order valence-electron chi connectivity index (χ2n) is 6.23. The number of carbonyl (C=O) groups excluding carboxylic acids is 1. The van der Waals surface area contributed by atoms with Gasteiger partial charge in [0.05, 0.1) is 0 Å². The standard InChI is InChI=1S/C20H22N4O2/c1-4-14(3)21-20(25)22-16-10-7-9-15(12-16)18-23-19(26-24-18)17-11-6-5-8-13(17)2/h5-12,14H,4H2,1-3H3,(H2,21,22,25)/t14-/m1/s1. The first-order valence-corrected chi connectivity index (χ1v) is 8.64. The quantitative estimate of drug-likeness (QED) is 0.703. The zero-order valence-electron chi connectivity index (χ0n) is 15.1. The summed E-state index contributed by atoms with van der Waals surface area (Å²) in [6.07, 6.45) is 0.873. The molecule has 2 amide bonds. The molecular formula is C20H22N4O2. The molecule has 3 aromatic rings. The number of anilines is 1. The van der Waals surface area contributed by atoms with Gasteiger partial charge >= 0.3 is 6.03 Å². The number of benzene rings is 2. The lowest BCUT2D eigenvalue weighted by Crippen LogP contribution is -2.35. The van der Waals surface area contributed by atoms with E-state index in [0.29, 0.717) is 17.4 Å². The maximum absolute atomic E-state index is 12.0. The molecule has 0 aliphatic heterocycles. The minimum Gasteiger partial charge on any atom is -0.335 e. The molecule has 0 bridgehead atoms. The number of aromatic nitrogens is 2. The number of rotatable bonds is 5. The highest BCUT2D eigenvalue weighted by Crippen LogP contribution is 2.25. The minimum atomic E-state index is -0.231. The van der Waals surface area contributed by atoms with Gasteiger partial charge in [0.2, 0.25) is 5.82 Å².